The third-order valence-corrected chi connectivity index (χ3v) is 7.97. The van der Waals surface area contributed by atoms with E-state index < -0.39 is 54.4 Å². The van der Waals surface area contributed by atoms with E-state index in [0.717, 1.165) is 0 Å². The lowest BCUT2D eigenvalue weighted by atomic mass is 10.0. The average molecular weight is 505 g/mol. The van der Waals surface area contributed by atoms with Crippen LogP contribution in [0.1, 0.15) is 13.2 Å². The number of aliphatic hydroxyl groups excluding tert-OH is 1. The van der Waals surface area contributed by atoms with E-state index in [2.05, 4.69) is 28.1 Å². The third-order valence-electron chi connectivity index (χ3n) is 4.16. The Bertz CT molecular complexity index is 1110. The molecule has 3 rings (SSSR count). The van der Waals surface area contributed by atoms with E-state index in [9.17, 15) is 23.7 Å². The predicted octanol–water partition coefficient (Wildman–Crippen LogP) is -0.354. The molecule has 31 heavy (non-hydrogen) atoms. The number of aliphatic hydroxyl groups is 1. The number of phosphoric acid groups is 3. The Hall–Kier alpha value is -1.32. The van der Waals surface area contributed by atoms with E-state index >= 15 is 0 Å². The Balaban J connectivity index is 1.69. The Morgan fingerprint density at radius 1 is 1.13 bits per heavy atom. The van der Waals surface area contributed by atoms with Gasteiger partial charge in [0.25, 0.3) is 0 Å². The van der Waals surface area contributed by atoms with Crippen LogP contribution in [-0.4, -0.2) is 63.0 Å². The predicted molar refractivity (Wildman–Crippen MR) is 98.6 cm³/mol. The van der Waals surface area contributed by atoms with Gasteiger partial charge in [-0.25, -0.2) is 28.6 Å². The van der Waals surface area contributed by atoms with Crippen LogP contribution < -0.4 is 5.73 Å². The molecule has 2 aromatic heterocycles. The van der Waals surface area contributed by atoms with Gasteiger partial charge in [0, 0.05) is 5.92 Å². The van der Waals surface area contributed by atoms with E-state index in [4.69, 9.17) is 25.2 Å². The Morgan fingerprint density at radius 3 is 2.45 bits per heavy atom. The van der Waals surface area contributed by atoms with E-state index in [1.165, 1.54) is 17.2 Å². The van der Waals surface area contributed by atoms with Gasteiger partial charge in [0.1, 0.15) is 24.2 Å². The SMILES string of the molecule is CC1C(O)C(COP(=O)(O)OP(=O)(O)OP(=O)(O)O)OC1n1cnc2c(N)ncnc21. The molecule has 0 spiro atoms. The maximum atomic E-state index is 11.8. The number of ether oxygens (including phenoxy) is 1. The van der Waals surface area contributed by atoms with Crippen molar-refractivity contribution < 1.29 is 56.3 Å². The van der Waals surface area contributed by atoms with Gasteiger partial charge in [0.15, 0.2) is 11.5 Å². The summed E-state index contributed by atoms with van der Waals surface area (Å²) < 4.78 is 52.7. The molecule has 1 fully saturated rings. The van der Waals surface area contributed by atoms with Crippen molar-refractivity contribution in [3.63, 3.8) is 0 Å². The molecule has 0 bridgehead atoms. The molecule has 174 valence electrons. The number of hydrogen-bond acceptors (Lipinski definition) is 12. The first kappa shape index (κ1) is 24.3. The second-order valence-electron chi connectivity index (χ2n) is 6.38. The molecule has 0 amide bonds. The van der Waals surface area contributed by atoms with E-state index in [1.54, 1.807) is 6.92 Å². The van der Waals surface area contributed by atoms with E-state index in [1.807, 2.05) is 0 Å². The monoisotopic (exact) mass is 505 g/mol. The van der Waals surface area contributed by atoms with Crippen molar-refractivity contribution >= 4 is 40.4 Å². The highest BCUT2D eigenvalue weighted by Gasteiger charge is 2.45. The summed E-state index contributed by atoms with van der Waals surface area (Å²) in [5.74, 6) is -0.470. The molecular weight excluding hydrogens is 487 g/mol. The fourth-order valence-electron chi connectivity index (χ4n) is 2.87. The number of nitrogens with two attached hydrogens (primary N) is 1. The minimum Gasteiger partial charge on any atom is -0.390 e. The zero-order valence-electron chi connectivity index (χ0n) is 15.5. The fourth-order valence-corrected chi connectivity index (χ4v) is 5.90. The highest BCUT2D eigenvalue weighted by atomic mass is 31.3. The number of imidazole rings is 1. The molecular formula is C11H18N5O12P3. The van der Waals surface area contributed by atoms with Crippen molar-refractivity contribution in [3.8, 4) is 0 Å². The molecule has 1 aliphatic rings. The molecule has 2 aromatic rings. The van der Waals surface area contributed by atoms with Gasteiger partial charge in [-0.1, -0.05) is 6.92 Å². The number of anilines is 1. The standard InChI is InChI=1S/C11H18N5O12P3/c1-5-8(17)6(2-25-30(21,22)28-31(23,24)27-29(18,19)20)26-11(5)16-4-15-7-9(12)13-3-14-10(7)16/h3-6,8,11,17H,2H2,1H3,(H,21,22)(H,23,24)(H2,12,13,14)(H2,18,19,20). The van der Waals surface area contributed by atoms with Crippen molar-refractivity contribution in [2.24, 2.45) is 5.92 Å². The summed E-state index contributed by atoms with van der Waals surface area (Å²) in [5, 5.41) is 10.4. The van der Waals surface area contributed by atoms with Crippen LogP contribution in [0.5, 0.6) is 0 Å². The highest BCUT2D eigenvalue weighted by molar-refractivity contribution is 7.66. The zero-order valence-corrected chi connectivity index (χ0v) is 18.2. The number of phosphoric ester groups is 1. The molecule has 3 heterocycles. The number of fused-ring (bicyclic) bond motifs is 1. The lowest BCUT2D eigenvalue weighted by molar-refractivity contribution is -0.0438. The van der Waals surface area contributed by atoms with Gasteiger partial charge in [-0.2, -0.15) is 8.62 Å². The summed E-state index contributed by atoms with van der Waals surface area (Å²) in [4.78, 5) is 47.7. The number of rotatable bonds is 8. The van der Waals surface area contributed by atoms with Crippen molar-refractivity contribution in [1.82, 2.24) is 19.5 Å². The third kappa shape index (κ3) is 5.73. The molecule has 0 aliphatic carbocycles. The van der Waals surface area contributed by atoms with Gasteiger partial charge in [0.05, 0.1) is 19.0 Å². The Morgan fingerprint density at radius 2 is 1.81 bits per heavy atom. The molecule has 20 heteroatoms. The molecule has 7 N–H and O–H groups in total. The summed E-state index contributed by atoms with van der Waals surface area (Å²) in [6, 6.07) is 0. The number of nitrogens with zero attached hydrogens (tertiary/aromatic N) is 4. The van der Waals surface area contributed by atoms with Crippen LogP contribution in [0.25, 0.3) is 11.2 Å². The summed E-state index contributed by atoms with van der Waals surface area (Å²) in [6.07, 6.45) is -0.716. The minimum absolute atomic E-state index is 0.124. The van der Waals surface area contributed by atoms with Gasteiger partial charge in [-0.15, -0.1) is 0 Å². The topological polar surface area (TPSA) is 259 Å². The first-order valence-electron chi connectivity index (χ1n) is 8.24. The van der Waals surface area contributed by atoms with Crippen LogP contribution in [0.3, 0.4) is 0 Å². The second-order valence-corrected chi connectivity index (χ2v) is 10.8. The molecule has 1 aliphatic heterocycles. The van der Waals surface area contributed by atoms with Crippen LogP contribution in [0.15, 0.2) is 12.7 Å². The van der Waals surface area contributed by atoms with Crippen molar-refractivity contribution in [3.05, 3.63) is 12.7 Å². The van der Waals surface area contributed by atoms with Crippen LogP contribution >= 0.6 is 23.5 Å². The summed E-state index contributed by atoms with van der Waals surface area (Å²) in [6.45, 7) is 0.812. The molecule has 0 radical (unpaired) electrons. The summed E-state index contributed by atoms with van der Waals surface area (Å²) >= 11 is 0. The molecule has 17 nitrogen and oxygen atoms in total. The van der Waals surface area contributed by atoms with Crippen LogP contribution in [0.4, 0.5) is 5.82 Å². The maximum absolute atomic E-state index is 11.8. The quantitative estimate of drug-likeness (QED) is 0.250. The number of hydrogen-bond donors (Lipinski definition) is 6. The van der Waals surface area contributed by atoms with Crippen LogP contribution in [-0.2, 0) is 31.6 Å². The molecule has 1 saturated heterocycles. The maximum Gasteiger partial charge on any atom is 0.490 e. The highest BCUT2D eigenvalue weighted by Crippen LogP contribution is 2.66. The lowest BCUT2D eigenvalue weighted by Crippen LogP contribution is -2.29. The van der Waals surface area contributed by atoms with Gasteiger partial charge < -0.3 is 35.2 Å². The Labute approximate surface area is 173 Å². The van der Waals surface area contributed by atoms with E-state index in [-0.39, 0.29) is 5.82 Å². The van der Waals surface area contributed by atoms with Gasteiger partial charge >= 0.3 is 23.5 Å². The lowest BCUT2D eigenvalue weighted by Gasteiger charge is -2.19. The first-order valence-corrected chi connectivity index (χ1v) is 12.8. The van der Waals surface area contributed by atoms with Crippen LogP contribution in [0.2, 0.25) is 0 Å². The van der Waals surface area contributed by atoms with E-state index in [0.29, 0.717) is 11.2 Å². The summed E-state index contributed by atoms with van der Waals surface area (Å²) in [5.41, 5.74) is 6.34. The number of nitrogen functional groups attached to an aromatic ring is 1. The molecule has 0 saturated carbocycles. The van der Waals surface area contributed by atoms with Crippen LogP contribution in [0, 0.1) is 5.92 Å². The molecule has 6 unspecified atom stereocenters. The van der Waals surface area contributed by atoms with Gasteiger partial charge in [0.2, 0.25) is 0 Å². The smallest absolute Gasteiger partial charge is 0.390 e. The van der Waals surface area contributed by atoms with Crippen molar-refractivity contribution in [1.29, 1.82) is 0 Å². The summed E-state index contributed by atoms with van der Waals surface area (Å²) in [7, 11) is -16.5. The Kier molecular flexibility index (Phi) is 6.71. The largest absolute Gasteiger partial charge is 0.490 e. The molecule has 6 atom stereocenters. The van der Waals surface area contributed by atoms with Crippen molar-refractivity contribution in [2.45, 2.75) is 25.4 Å². The second kappa shape index (κ2) is 8.56. The zero-order chi connectivity index (χ0) is 23.2. The first-order chi connectivity index (χ1) is 14.2. The average Bonchev–Trinajstić information content (AvgIpc) is 3.13. The van der Waals surface area contributed by atoms with Gasteiger partial charge in [-0.3, -0.25) is 9.09 Å². The molecule has 0 aromatic carbocycles. The number of aromatic nitrogens is 4. The normalized spacial score (nSPS) is 28.5. The fraction of sp³-hybridized carbons (Fsp3) is 0.545. The van der Waals surface area contributed by atoms with Crippen molar-refractivity contribution in [2.75, 3.05) is 12.3 Å². The van der Waals surface area contributed by atoms with Gasteiger partial charge in [-0.05, 0) is 0 Å². The minimum atomic E-state index is -5.65.